The molecule has 7 aromatic rings. The van der Waals surface area contributed by atoms with E-state index in [1.807, 2.05) is 0 Å². The molecule has 6 aromatic carbocycles. The van der Waals surface area contributed by atoms with Gasteiger partial charge < -0.3 is 98.4 Å². The maximum atomic E-state index is 15.9. The third kappa shape index (κ3) is 29.7. The predicted molar refractivity (Wildman–Crippen MR) is 482 cm³/mol. The lowest BCUT2D eigenvalue weighted by Gasteiger charge is -2.37. The zero-order chi connectivity index (χ0) is 98.6. The molecule has 8 rings (SSSR count). The number of H-pyrrole nitrogens is 1. The first-order valence-corrected chi connectivity index (χ1v) is 44.4. The van der Waals surface area contributed by atoms with Gasteiger partial charge in [0.05, 0.1) is 31.8 Å². The molecule has 720 valence electrons. The maximum Gasteiger partial charge on any atom is 0.305 e. The molecule has 35 nitrogen and oxygen atoms in total. The number of fused-ring (bicyclic) bond motifs is 1. The number of phenols is 2. The Morgan fingerprint density at radius 1 is 0.470 bits per heavy atom. The molecule has 11 unspecified atom stereocenters. The van der Waals surface area contributed by atoms with Crippen LogP contribution in [0.15, 0.2) is 140 Å². The Bertz CT molecular complexity index is 5370. The van der Waals surface area contributed by atoms with Crippen molar-refractivity contribution in [3.05, 3.63) is 202 Å². The van der Waals surface area contributed by atoms with Crippen LogP contribution in [-0.4, -0.2) is 272 Å². The number of aliphatic carboxylic acids is 1. The Morgan fingerprint density at radius 2 is 0.925 bits per heavy atom. The number of halogens is 5. The van der Waals surface area contributed by atoms with Gasteiger partial charge in [0.25, 0.3) is 0 Å². The van der Waals surface area contributed by atoms with Crippen molar-refractivity contribution in [2.75, 3.05) is 66.4 Å². The van der Waals surface area contributed by atoms with E-state index in [9.17, 15) is 62.9 Å². The van der Waals surface area contributed by atoms with E-state index in [1.165, 1.54) is 88.6 Å². The highest BCUT2D eigenvalue weighted by Gasteiger charge is 2.43. The van der Waals surface area contributed by atoms with Crippen LogP contribution in [0.1, 0.15) is 100 Å². The summed E-state index contributed by atoms with van der Waals surface area (Å²) in [5.74, 6) is -33.5. The Balaban J connectivity index is 1.24. The van der Waals surface area contributed by atoms with Gasteiger partial charge >= 0.3 is 5.97 Å². The average molecular weight is 1890 g/mol. The SMILES string of the molecule is CCCCC1C(=O)N(C)CC(=O)NC(CC(=O)O)C(=O)NC(C(C)C)C(=O)N(C)C(Cc2ccccc2)C(=O)NC(Cc2ccc(O)cc2)C(=O)N(C)CC(=O)NC(Cc2c[nH]c3ccccc23)C(=O)NC(Cc2ccc(O)cc2)C(=O)NC(CC(C)C)C(=O)NC(C(=O)NCC(N)=O)CSCC(=O)NC(Cc2c(F)c(F)c(F)c(F)c2F)C(=O)N(C)C(Cc2ccccc2)C(=O)N1C. The van der Waals surface area contributed by atoms with Gasteiger partial charge in [-0.3, -0.25) is 76.7 Å². The number of para-hydroxylation sites is 1. The molecule has 0 radical (unpaired) electrons. The van der Waals surface area contributed by atoms with E-state index in [-0.39, 0.29) is 50.0 Å². The van der Waals surface area contributed by atoms with Gasteiger partial charge in [0, 0.05) is 102 Å². The summed E-state index contributed by atoms with van der Waals surface area (Å²) < 4.78 is 76.9. The number of aromatic hydroxyl groups is 2. The molecule has 1 aliphatic heterocycles. The number of thioether (sulfide) groups is 1. The zero-order valence-corrected chi connectivity index (χ0v) is 76.4. The number of rotatable bonds is 23. The largest absolute Gasteiger partial charge is 0.508 e. The summed E-state index contributed by atoms with van der Waals surface area (Å²) in [4.78, 5) is 242. The first-order chi connectivity index (χ1) is 63.4. The second-order valence-corrected chi connectivity index (χ2v) is 34.7. The number of carboxylic acids is 1. The van der Waals surface area contributed by atoms with E-state index in [2.05, 4.69) is 52.8 Å². The standard InChI is InChI=1S/C93H113F5N16O19S/c1-11-12-27-69-91(131)111(7)47-74(119)103-65(43-76(121)122)87(127)109-82(51(4)5)93(133)113(9)70(39-52-21-15-13-16-22-52)88(128)107-66(38-55-30-34-58(116)35-31-55)89(129)110(6)46-73(118)102-64(41-56-44-100-61-26-20-19-25-59(56)61)86(126)106-63(37-54-28-32-57(115)33-29-54)85(125)105-62(36-50(2)3)84(124)108-68(83(123)101-45-72(99)117)48-134-49-75(120)104-67(42-60-77(94)79(96)81(98)80(97)78(60)95)90(130)114(10)71(92(132)112(69)8)40-53-23-17-14-18-24-53/h13-26,28-35,44,50-51,62-71,82,100,115-116H,11-12,27,36-43,45-49H2,1-10H3,(H2,99,117)(H,101,123)(H,102,118)(H,103,119)(H,104,120)(H,105,125)(H,106,126)(H,107,128)(H,108,124)(H,109,127)(H,121,122). The summed E-state index contributed by atoms with van der Waals surface area (Å²) in [5.41, 5.74) is 6.34. The molecular formula is C93H113F5N16O19S. The van der Waals surface area contributed by atoms with Crippen LogP contribution in [0.3, 0.4) is 0 Å². The smallest absolute Gasteiger partial charge is 0.305 e. The number of carbonyl (C=O) groups is 16. The molecule has 11 atom stereocenters. The summed E-state index contributed by atoms with van der Waals surface area (Å²) in [6.45, 7) is 5.44. The summed E-state index contributed by atoms with van der Waals surface area (Å²) in [6.07, 6.45) is -2.61. The number of hydrogen-bond donors (Lipinski definition) is 14. The maximum absolute atomic E-state index is 15.9. The van der Waals surface area contributed by atoms with Gasteiger partial charge in [-0.1, -0.05) is 151 Å². The molecule has 15 amide bonds. The van der Waals surface area contributed by atoms with Crippen LogP contribution in [-0.2, 0) is 115 Å². The number of nitrogens with zero attached hydrogens (tertiary/aromatic N) is 5. The molecule has 134 heavy (non-hydrogen) atoms. The molecule has 1 aromatic heterocycles. The Hall–Kier alpha value is -14.0. The van der Waals surface area contributed by atoms with E-state index < -0.39 is 264 Å². The summed E-state index contributed by atoms with van der Waals surface area (Å²) in [7, 11) is 5.74. The number of amides is 15. The van der Waals surface area contributed by atoms with Crippen molar-refractivity contribution in [3.8, 4) is 11.5 Å². The monoisotopic (exact) mass is 1880 g/mol. The average Bonchev–Trinajstić information content (AvgIpc) is 1.35. The minimum atomic E-state index is -2.58. The molecule has 15 N–H and O–H groups in total. The van der Waals surface area contributed by atoms with Crippen LogP contribution in [0.5, 0.6) is 11.5 Å². The first kappa shape index (κ1) is 105. The molecule has 1 aliphatic rings. The number of primary amides is 1. The third-order valence-corrected chi connectivity index (χ3v) is 23.5. The van der Waals surface area contributed by atoms with Crippen molar-refractivity contribution < 1.29 is 114 Å². The van der Waals surface area contributed by atoms with E-state index in [4.69, 9.17) is 5.73 Å². The van der Waals surface area contributed by atoms with Crippen LogP contribution in [0.2, 0.25) is 0 Å². The lowest BCUT2D eigenvalue weighted by Crippen LogP contribution is -2.61. The fourth-order valence-corrected chi connectivity index (χ4v) is 16.0. The van der Waals surface area contributed by atoms with Crippen LogP contribution < -0.4 is 53.6 Å². The molecule has 2 heterocycles. The van der Waals surface area contributed by atoms with E-state index in [1.54, 1.807) is 99.8 Å². The van der Waals surface area contributed by atoms with Gasteiger partial charge in [-0.25, -0.2) is 22.0 Å². The van der Waals surface area contributed by atoms with Gasteiger partial charge in [-0.05, 0) is 82.8 Å². The fraction of sp³-hybridized carbons (Fsp3) is 0.419. The normalized spacial score (nSPS) is 21.6. The van der Waals surface area contributed by atoms with Crippen LogP contribution in [0.4, 0.5) is 22.0 Å². The Morgan fingerprint density at radius 3 is 1.47 bits per heavy atom. The molecular weight excluding hydrogens is 1770 g/mol. The zero-order valence-electron chi connectivity index (χ0n) is 75.6. The van der Waals surface area contributed by atoms with E-state index >= 15 is 51.1 Å². The van der Waals surface area contributed by atoms with Crippen molar-refractivity contribution in [1.82, 2.24) is 77.3 Å². The highest BCUT2D eigenvalue weighted by molar-refractivity contribution is 8.00. The van der Waals surface area contributed by atoms with Crippen molar-refractivity contribution in [1.29, 1.82) is 0 Å². The van der Waals surface area contributed by atoms with Gasteiger partial charge in [0.2, 0.25) is 94.4 Å². The Labute approximate surface area is 774 Å². The minimum absolute atomic E-state index is 0.158. The van der Waals surface area contributed by atoms with Gasteiger partial charge in [-0.15, -0.1) is 11.8 Å². The summed E-state index contributed by atoms with van der Waals surface area (Å²) in [5, 5.41) is 54.2. The minimum Gasteiger partial charge on any atom is -0.508 e. The highest BCUT2D eigenvalue weighted by atomic mass is 32.2. The number of nitrogens with two attached hydrogens (primary N) is 1. The highest BCUT2D eigenvalue weighted by Crippen LogP contribution is 2.28. The van der Waals surface area contributed by atoms with Crippen LogP contribution in [0, 0.1) is 40.9 Å². The quantitative estimate of drug-likeness (QED) is 0.0249. The van der Waals surface area contributed by atoms with Crippen LogP contribution >= 0.6 is 11.8 Å². The second kappa shape index (κ2) is 49.5. The topological polar surface area (TPSA) is 500 Å². The number of aromatic amines is 1. The van der Waals surface area contributed by atoms with Gasteiger partial charge in [0.15, 0.2) is 23.3 Å². The van der Waals surface area contributed by atoms with Crippen molar-refractivity contribution in [3.63, 3.8) is 0 Å². The lowest BCUT2D eigenvalue weighted by atomic mass is 9.98. The molecule has 0 aliphatic carbocycles. The van der Waals surface area contributed by atoms with Crippen LogP contribution in [0.25, 0.3) is 10.9 Å². The van der Waals surface area contributed by atoms with E-state index in [0.29, 0.717) is 61.8 Å². The van der Waals surface area contributed by atoms with Crippen molar-refractivity contribution >= 4 is 117 Å². The number of carboxylic acid groups (broad SMARTS) is 1. The number of unbranched alkanes of at least 4 members (excludes halogenated alkanes) is 1. The number of nitrogens with one attached hydrogen (secondary N) is 10. The van der Waals surface area contributed by atoms with E-state index in [0.717, 1.165) is 40.7 Å². The van der Waals surface area contributed by atoms with Crippen molar-refractivity contribution in [2.45, 2.75) is 172 Å². The molecule has 0 saturated carbocycles. The molecule has 1 saturated heterocycles. The number of phenolic OH excluding ortho intramolecular Hbond substituents is 2. The first-order valence-electron chi connectivity index (χ1n) is 43.2. The number of benzene rings is 6. The second-order valence-electron chi connectivity index (χ2n) is 33.6. The number of carbonyl (C=O) groups excluding carboxylic acids is 15. The number of aromatic nitrogens is 1. The molecule has 1 fully saturated rings. The molecule has 41 heteroatoms. The predicted octanol–water partition coefficient (Wildman–Crippen LogP) is 3.02. The summed E-state index contributed by atoms with van der Waals surface area (Å²) >= 11 is 0.524. The van der Waals surface area contributed by atoms with Gasteiger partial charge in [0.1, 0.15) is 78.0 Å². The third-order valence-electron chi connectivity index (χ3n) is 22.5. The number of likely N-dealkylation sites (N-methyl/N-ethyl adjacent to an activating group) is 5. The summed E-state index contributed by atoms with van der Waals surface area (Å²) in [6, 6.07) is 14.6. The van der Waals surface area contributed by atoms with Gasteiger partial charge in [-0.2, -0.15) is 0 Å². The fourth-order valence-electron chi connectivity index (χ4n) is 15.1. The van der Waals surface area contributed by atoms with Crippen molar-refractivity contribution in [2.24, 2.45) is 17.6 Å². The molecule has 0 spiro atoms. The Kier molecular flexibility index (Phi) is 38.9. The molecule has 0 bridgehead atoms. The number of hydrogen-bond acceptors (Lipinski definition) is 19. The lowest BCUT2D eigenvalue weighted by molar-refractivity contribution is -0.151.